The predicted octanol–water partition coefficient (Wildman–Crippen LogP) is 6.54. The van der Waals surface area contributed by atoms with Gasteiger partial charge in [0.2, 0.25) is 5.72 Å². The van der Waals surface area contributed by atoms with Gasteiger partial charge in [-0.05, 0) is 60.9 Å². The Morgan fingerprint density at radius 3 is 2.57 bits per heavy atom. The number of benzene rings is 3. The van der Waals surface area contributed by atoms with Crippen molar-refractivity contribution in [3.63, 3.8) is 0 Å². The highest BCUT2D eigenvalue weighted by Crippen LogP contribution is 2.55. The summed E-state index contributed by atoms with van der Waals surface area (Å²) >= 11 is 0. The van der Waals surface area contributed by atoms with E-state index in [0.717, 1.165) is 18.7 Å². The van der Waals surface area contributed by atoms with Crippen molar-refractivity contribution in [2.45, 2.75) is 44.8 Å². The van der Waals surface area contributed by atoms with Crippen LogP contribution in [0.4, 0.5) is 5.69 Å². The molecule has 0 amide bonds. The van der Waals surface area contributed by atoms with E-state index in [4.69, 9.17) is 4.74 Å². The molecule has 3 aromatic rings. The van der Waals surface area contributed by atoms with Gasteiger partial charge in [0.1, 0.15) is 5.75 Å². The zero-order valence-electron chi connectivity index (χ0n) is 16.9. The number of para-hydroxylation sites is 1. The molecule has 1 unspecified atom stereocenters. The third-order valence-corrected chi connectivity index (χ3v) is 6.57. The maximum absolute atomic E-state index is 6.94. The Bertz CT molecular complexity index is 1080. The maximum atomic E-state index is 6.94. The highest BCUT2D eigenvalue weighted by molar-refractivity contribution is 5.94. The van der Waals surface area contributed by atoms with Crippen molar-refractivity contribution >= 4 is 22.5 Å². The van der Waals surface area contributed by atoms with Crippen molar-refractivity contribution in [2.75, 3.05) is 11.4 Å². The van der Waals surface area contributed by atoms with Crippen LogP contribution in [-0.4, -0.2) is 12.3 Å². The SMILES string of the molecule is CCCCN1c2ccccc2C(C)(C)C12C=Cc1c(ccc3ccccc13)O2. The second kappa shape index (κ2) is 6.13. The summed E-state index contributed by atoms with van der Waals surface area (Å²) < 4.78 is 6.94. The Labute approximate surface area is 167 Å². The van der Waals surface area contributed by atoms with Gasteiger partial charge < -0.3 is 9.64 Å². The average Bonchev–Trinajstić information content (AvgIpc) is 2.90. The van der Waals surface area contributed by atoms with Crippen molar-refractivity contribution in [1.82, 2.24) is 0 Å². The van der Waals surface area contributed by atoms with E-state index >= 15 is 0 Å². The lowest BCUT2D eigenvalue weighted by atomic mass is 9.76. The molecule has 0 saturated carbocycles. The number of nitrogens with zero attached hydrogens (tertiary/aromatic N) is 1. The number of rotatable bonds is 3. The molecule has 3 aromatic carbocycles. The molecular weight excluding hydrogens is 342 g/mol. The minimum atomic E-state index is -0.499. The Morgan fingerprint density at radius 2 is 1.71 bits per heavy atom. The number of hydrogen-bond acceptors (Lipinski definition) is 2. The predicted molar refractivity (Wildman–Crippen MR) is 118 cm³/mol. The van der Waals surface area contributed by atoms with Gasteiger partial charge >= 0.3 is 0 Å². The third-order valence-electron chi connectivity index (χ3n) is 6.57. The van der Waals surface area contributed by atoms with Crippen molar-refractivity contribution in [1.29, 1.82) is 0 Å². The molecule has 2 aliphatic rings. The molecule has 2 heterocycles. The van der Waals surface area contributed by atoms with Crippen LogP contribution in [0, 0.1) is 0 Å². The molecule has 142 valence electrons. The monoisotopic (exact) mass is 369 g/mol. The van der Waals surface area contributed by atoms with Gasteiger partial charge in [0, 0.05) is 17.8 Å². The van der Waals surface area contributed by atoms with Gasteiger partial charge in [0.05, 0.1) is 5.41 Å². The van der Waals surface area contributed by atoms with Crippen LogP contribution in [0.2, 0.25) is 0 Å². The molecule has 0 bridgehead atoms. The van der Waals surface area contributed by atoms with Crippen LogP contribution in [-0.2, 0) is 5.41 Å². The van der Waals surface area contributed by atoms with Crippen molar-refractivity contribution in [3.8, 4) is 5.75 Å². The minimum Gasteiger partial charge on any atom is -0.463 e. The fourth-order valence-electron chi connectivity index (χ4n) is 4.97. The Kier molecular flexibility index (Phi) is 3.80. The second-order valence-corrected chi connectivity index (χ2v) is 8.48. The molecule has 28 heavy (non-hydrogen) atoms. The highest BCUT2D eigenvalue weighted by atomic mass is 16.5. The van der Waals surface area contributed by atoms with Crippen molar-refractivity contribution in [3.05, 3.63) is 77.9 Å². The van der Waals surface area contributed by atoms with E-state index in [1.54, 1.807) is 0 Å². The first kappa shape index (κ1) is 17.4. The van der Waals surface area contributed by atoms with Gasteiger partial charge in [-0.15, -0.1) is 0 Å². The smallest absolute Gasteiger partial charge is 0.212 e. The summed E-state index contributed by atoms with van der Waals surface area (Å²) in [6, 6.07) is 21.6. The highest BCUT2D eigenvalue weighted by Gasteiger charge is 2.58. The molecule has 5 rings (SSSR count). The summed E-state index contributed by atoms with van der Waals surface area (Å²) in [4.78, 5) is 2.49. The molecule has 2 heteroatoms. The molecule has 0 N–H and O–H groups in total. The molecule has 2 nitrogen and oxygen atoms in total. The minimum absolute atomic E-state index is 0.156. The van der Waals surface area contributed by atoms with Gasteiger partial charge in [-0.3, -0.25) is 0 Å². The van der Waals surface area contributed by atoms with Crippen LogP contribution in [0.15, 0.2) is 66.7 Å². The number of hydrogen-bond donors (Lipinski definition) is 0. The number of unbranched alkanes of at least 4 members (excludes halogenated alkanes) is 1. The van der Waals surface area contributed by atoms with E-state index < -0.39 is 5.72 Å². The van der Waals surface area contributed by atoms with E-state index in [9.17, 15) is 0 Å². The quantitative estimate of drug-likeness (QED) is 0.520. The second-order valence-electron chi connectivity index (χ2n) is 8.48. The standard InChI is InChI=1S/C26H27NO/c1-4-5-18-27-23-13-9-8-12-22(23)25(2,3)26(27)17-16-21-20-11-7-6-10-19(20)14-15-24(21)28-26/h6-17H,4-5,18H2,1-3H3. The molecule has 0 saturated heterocycles. The van der Waals surface area contributed by atoms with Gasteiger partial charge in [-0.2, -0.15) is 0 Å². The van der Waals surface area contributed by atoms with Crippen molar-refractivity contribution < 1.29 is 4.74 Å². The molecule has 0 aliphatic carbocycles. The lowest BCUT2D eigenvalue weighted by molar-refractivity contribution is 0.0534. The van der Waals surface area contributed by atoms with Crippen LogP contribution in [0.5, 0.6) is 5.75 Å². The Hall–Kier alpha value is -2.74. The molecule has 0 fully saturated rings. The summed E-state index contributed by atoms with van der Waals surface area (Å²) in [5, 5.41) is 2.50. The fourth-order valence-corrected chi connectivity index (χ4v) is 4.97. The Morgan fingerprint density at radius 1 is 0.929 bits per heavy atom. The summed E-state index contributed by atoms with van der Waals surface area (Å²) in [5.41, 5.74) is 3.19. The van der Waals surface area contributed by atoms with E-state index in [1.165, 1.54) is 34.0 Å². The fraction of sp³-hybridized carbons (Fsp3) is 0.308. The van der Waals surface area contributed by atoms with Crippen LogP contribution < -0.4 is 9.64 Å². The van der Waals surface area contributed by atoms with Crippen molar-refractivity contribution in [2.24, 2.45) is 0 Å². The topological polar surface area (TPSA) is 12.5 Å². The van der Waals surface area contributed by atoms with E-state index in [2.05, 4.69) is 98.5 Å². The number of fused-ring (bicyclic) bond motifs is 4. The van der Waals surface area contributed by atoms with Gasteiger partial charge in [-0.1, -0.05) is 61.9 Å². The molecular formula is C26H27NO. The van der Waals surface area contributed by atoms with E-state index in [1.807, 2.05) is 0 Å². The zero-order chi connectivity index (χ0) is 19.4. The molecule has 1 atom stereocenters. The van der Waals surface area contributed by atoms with Crippen LogP contribution >= 0.6 is 0 Å². The van der Waals surface area contributed by atoms with Crippen LogP contribution in [0.1, 0.15) is 44.7 Å². The lowest BCUT2D eigenvalue weighted by Gasteiger charge is -2.47. The van der Waals surface area contributed by atoms with Crippen LogP contribution in [0.25, 0.3) is 16.8 Å². The van der Waals surface area contributed by atoms with Gasteiger partial charge in [0.15, 0.2) is 0 Å². The first-order valence-electron chi connectivity index (χ1n) is 10.4. The van der Waals surface area contributed by atoms with Crippen LogP contribution in [0.3, 0.4) is 0 Å². The molecule has 2 aliphatic heterocycles. The number of anilines is 1. The average molecular weight is 370 g/mol. The van der Waals surface area contributed by atoms with E-state index in [-0.39, 0.29) is 5.41 Å². The molecule has 0 aromatic heterocycles. The summed E-state index contributed by atoms with van der Waals surface area (Å²) in [6.45, 7) is 7.87. The zero-order valence-corrected chi connectivity index (χ0v) is 16.9. The molecule has 0 radical (unpaired) electrons. The third kappa shape index (κ3) is 2.21. The first-order valence-corrected chi connectivity index (χ1v) is 10.4. The summed E-state index contributed by atoms with van der Waals surface area (Å²) in [6.07, 6.45) is 6.90. The van der Waals surface area contributed by atoms with Gasteiger partial charge in [-0.25, -0.2) is 0 Å². The lowest BCUT2D eigenvalue weighted by Crippen LogP contribution is -2.59. The normalized spacial score (nSPS) is 21.6. The Balaban J connectivity index is 1.69. The largest absolute Gasteiger partial charge is 0.463 e. The number of ether oxygens (including phenoxy) is 1. The maximum Gasteiger partial charge on any atom is 0.212 e. The summed E-state index contributed by atoms with van der Waals surface area (Å²) in [5.74, 6) is 0.976. The summed E-state index contributed by atoms with van der Waals surface area (Å²) in [7, 11) is 0. The first-order chi connectivity index (χ1) is 13.6. The molecule has 1 spiro atoms. The van der Waals surface area contributed by atoms with Gasteiger partial charge in [0.25, 0.3) is 0 Å². The van der Waals surface area contributed by atoms with E-state index in [0.29, 0.717) is 0 Å².